The fourth-order valence-corrected chi connectivity index (χ4v) is 4.71. The van der Waals surface area contributed by atoms with Gasteiger partial charge in [-0.2, -0.15) is 0 Å². The van der Waals surface area contributed by atoms with Crippen molar-refractivity contribution in [3.63, 3.8) is 0 Å². The summed E-state index contributed by atoms with van der Waals surface area (Å²) in [6.07, 6.45) is 0. The number of halogens is 2. The second-order valence-corrected chi connectivity index (χ2v) is 8.51. The van der Waals surface area contributed by atoms with Crippen LogP contribution >= 0.6 is 34.5 Å². The van der Waals surface area contributed by atoms with E-state index in [2.05, 4.69) is 27.3 Å². The van der Waals surface area contributed by atoms with Crippen molar-refractivity contribution in [1.29, 1.82) is 0 Å². The van der Waals surface area contributed by atoms with Crippen LogP contribution in [-0.4, -0.2) is 41.0 Å². The van der Waals surface area contributed by atoms with Gasteiger partial charge in [0, 0.05) is 55.2 Å². The van der Waals surface area contributed by atoms with Crippen molar-refractivity contribution in [2.45, 2.75) is 13.1 Å². The van der Waals surface area contributed by atoms with Crippen molar-refractivity contribution < 1.29 is 0 Å². The molecule has 27 heavy (non-hydrogen) atoms. The van der Waals surface area contributed by atoms with Crippen LogP contribution in [0.25, 0.3) is 10.6 Å². The third-order valence-electron chi connectivity index (χ3n) is 4.80. The van der Waals surface area contributed by atoms with Gasteiger partial charge in [0.2, 0.25) is 0 Å². The minimum Gasteiger partial charge on any atom is -0.297 e. The first-order valence-electron chi connectivity index (χ1n) is 9.06. The van der Waals surface area contributed by atoms with Gasteiger partial charge in [0.25, 0.3) is 0 Å². The molecule has 4 rings (SSSR count). The highest BCUT2D eigenvalue weighted by Crippen LogP contribution is 2.30. The second-order valence-electron chi connectivity index (χ2n) is 6.81. The molecule has 0 amide bonds. The van der Waals surface area contributed by atoms with E-state index in [1.165, 1.54) is 5.56 Å². The Hall–Kier alpha value is -1.43. The van der Waals surface area contributed by atoms with Crippen LogP contribution in [0.4, 0.5) is 0 Å². The summed E-state index contributed by atoms with van der Waals surface area (Å²) in [5.41, 5.74) is 3.42. The Morgan fingerprint density at radius 1 is 0.889 bits per heavy atom. The van der Waals surface area contributed by atoms with Gasteiger partial charge in [-0.1, -0.05) is 53.5 Å². The number of piperazine rings is 1. The Morgan fingerprint density at radius 3 is 2.37 bits per heavy atom. The third kappa shape index (κ3) is 4.89. The highest BCUT2D eigenvalue weighted by Gasteiger charge is 2.18. The van der Waals surface area contributed by atoms with Crippen LogP contribution in [0.3, 0.4) is 0 Å². The Balaban J connectivity index is 1.31. The number of thiazole rings is 1. The number of aromatic nitrogens is 1. The summed E-state index contributed by atoms with van der Waals surface area (Å²) in [5, 5.41) is 4.71. The Morgan fingerprint density at radius 2 is 1.63 bits per heavy atom. The minimum atomic E-state index is 0.757. The molecule has 6 heteroatoms. The lowest BCUT2D eigenvalue weighted by molar-refractivity contribution is 0.121. The molecule has 0 saturated carbocycles. The van der Waals surface area contributed by atoms with Crippen LogP contribution < -0.4 is 0 Å². The molecule has 3 aromatic rings. The maximum absolute atomic E-state index is 6.29. The molecule has 1 saturated heterocycles. The predicted octanol–water partition coefficient (Wildman–Crippen LogP) is 5.43. The van der Waals surface area contributed by atoms with Gasteiger partial charge in [-0.15, -0.1) is 11.3 Å². The van der Waals surface area contributed by atoms with Gasteiger partial charge in [0.05, 0.1) is 10.7 Å². The quantitative estimate of drug-likeness (QED) is 0.551. The van der Waals surface area contributed by atoms with E-state index in [-0.39, 0.29) is 0 Å². The lowest BCUT2D eigenvalue weighted by Gasteiger charge is -2.34. The first-order valence-corrected chi connectivity index (χ1v) is 10.7. The van der Waals surface area contributed by atoms with Crippen molar-refractivity contribution in [2.24, 2.45) is 0 Å². The van der Waals surface area contributed by atoms with Gasteiger partial charge >= 0.3 is 0 Å². The molecular weight excluding hydrogens is 397 g/mol. The van der Waals surface area contributed by atoms with Crippen LogP contribution in [0.5, 0.6) is 0 Å². The summed E-state index contributed by atoms with van der Waals surface area (Å²) in [6, 6.07) is 16.0. The lowest BCUT2D eigenvalue weighted by Crippen LogP contribution is -2.45. The minimum absolute atomic E-state index is 0.757. The number of rotatable bonds is 5. The van der Waals surface area contributed by atoms with E-state index in [0.717, 1.165) is 65.6 Å². The predicted molar refractivity (Wildman–Crippen MR) is 115 cm³/mol. The SMILES string of the molecule is Clc1cccc(CN2CCN(Cc3csc(-c4ccccc4Cl)n3)CC2)c1. The number of hydrogen-bond acceptors (Lipinski definition) is 4. The normalized spacial score (nSPS) is 15.9. The summed E-state index contributed by atoms with van der Waals surface area (Å²) in [5.74, 6) is 0. The van der Waals surface area contributed by atoms with Crippen LogP contribution in [0, 0.1) is 0 Å². The zero-order valence-electron chi connectivity index (χ0n) is 14.9. The maximum atomic E-state index is 6.29. The van der Waals surface area contributed by atoms with Gasteiger partial charge in [0.1, 0.15) is 5.01 Å². The molecule has 2 heterocycles. The van der Waals surface area contributed by atoms with Gasteiger partial charge in [0.15, 0.2) is 0 Å². The van der Waals surface area contributed by atoms with Gasteiger partial charge in [-0.05, 0) is 23.8 Å². The monoisotopic (exact) mass is 417 g/mol. The average molecular weight is 418 g/mol. The Bertz CT molecular complexity index is 904. The van der Waals surface area contributed by atoms with E-state index in [1.807, 2.05) is 36.4 Å². The first-order chi connectivity index (χ1) is 13.2. The molecule has 3 nitrogen and oxygen atoms in total. The number of nitrogens with zero attached hydrogens (tertiary/aromatic N) is 3. The standard InChI is InChI=1S/C21H21Cl2N3S/c22-17-5-3-4-16(12-17)13-25-8-10-26(11-9-25)14-18-15-27-21(24-18)19-6-1-2-7-20(19)23/h1-7,12,15H,8-11,13-14H2. The molecule has 1 aliphatic rings. The van der Waals surface area contributed by atoms with Crippen molar-refractivity contribution in [3.8, 4) is 10.6 Å². The topological polar surface area (TPSA) is 19.4 Å². The Kier molecular flexibility index (Phi) is 6.11. The molecule has 0 spiro atoms. The number of benzene rings is 2. The van der Waals surface area contributed by atoms with Crippen LogP contribution in [-0.2, 0) is 13.1 Å². The first kappa shape index (κ1) is 18.9. The number of hydrogen-bond donors (Lipinski definition) is 0. The zero-order valence-corrected chi connectivity index (χ0v) is 17.3. The van der Waals surface area contributed by atoms with Gasteiger partial charge < -0.3 is 0 Å². The summed E-state index contributed by atoms with van der Waals surface area (Å²) in [7, 11) is 0. The third-order valence-corrected chi connectivity index (χ3v) is 6.29. The zero-order chi connectivity index (χ0) is 18.6. The van der Waals surface area contributed by atoms with Crippen molar-refractivity contribution in [1.82, 2.24) is 14.8 Å². The summed E-state index contributed by atoms with van der Waals surface area (Å²) in [4.78, 5) is 9.75. The van der Waals surface area contributed by atoms with Crippen LogP contribution in [0.1, 0.15) is 11.3 Å². The van der Waals surface area contributed by atoms with Crippen molar-refractivity contribution in [3.05, 3.63) is 75.2 Å². The molecule has 1 aliphatic heterocycles. The van der Waals surface area contributed by atoms with E-state index in [0.29, 0.717) is 0 Å². The maximum Gasteiger partial charge on any atom is 0.125 e. The second kappa shape index (κ2) is 8.72. The molecule has 0 N–H and O–H groups in total. The van der Waals surface area contributed by atoms with E-state index in [1.54, 1.807) is 11.3 Å². The van der Waals surface area contributed by atoms with Gasteiger partial charge in [-0.3, -0.25) is 9.80 Å². The highest BCUT2D eigenvalue weighted by atomic mass is 35.5. The van der Waals surface area contributed by atoms with E-state index < -0.39 is 0 Å². The fourth-order valence-electron chi connectivity index (χ4n) is 3.37. The van der Waals surface area contributed by atoms with Crippen molar-refractivity contribution >= 4 is 34.5 Å². The molecule has 0 atom stereocenters. The smallest absolute Gasteiger partial charge is 0.125 e. The molecule has 0 aliphatic carbocycles. The molecule has 0 unspecified atom stereocenters. The molecule has 1 fully saturated rings. The summed E-state index contributed by atoms with van der Waals surface area (Å²) in [6.45, 7) is 6.09. The molecule has 2 aromatic carbocycles. The van der Waals surface area contributed by atoms with E-state index >= 15 is 0 Å². The van der Waals surface area contributed by atoms with E-state index in [4.69, 9.17) is 28.2 Å². The lowest BCUT2D eigenvalue weighted by atomic mass is 10.2. The van der Waals surface area contributed by atoms with Crippen LogP contribution in [0.15, 0.2) is 53.9 Å². The summed E-state index contributed by atoms with van der Waals surface area (Å²) < 4.78 is 0. The molecular formula is C21H21Cl2N3S. The highest BCUT2D eigenvalue weighted by molar-refractivity contribution is 7.13. The molecule has 0 radical (unpaired) electrons. The largest absolute Gasteiger partial charge is 0.297 e. The van der Waals surface area contributed by atoms with Crippen molar-refractivity contribution in [2.75, 3.05) is 26.2 Å². The van der Waals surface area contributed by atoms with Crippen LogP contribution in [0.2, 0.25) is 10.0 Å². The molecule has 140 valence electrons. The van der Waals surface area contributed by atoms with Gasteiger partial charge in [-0.25, -0.2) is 4.98 Å². The van der Waals surface area contributed by atoms with E-state index in [9.17, 15) is 0 Å². The molecule has 1 aromatic heterocycles. The Labute approximate surface area is 174 Å². The fraction of sp³-hybridized carbons (Fsp3) is 0.286. The average Bonchev–Trinajstić information content (AvgIpc) is 3.12. The molecule has 0 bridgehead atoms. The summed E-state index contributed by atoms with van der Waals surface area (Å²) >= 11 is 14.0.